The van der Waals surface area contributed by atoms with Crippen molar-refractivity contribution in [2.45, 2.75) is 12.5 Å². The zero-order valence-electron chi connectivity index (χ0n) is 7.76. The highest BCUT2D eigenvalue weighted by Gasteiger charge is 2.19. The number of rotatable bonds is 3. The van der Waals surface area contributed by atoms with E-state index in [0.717, 1.165) is 0 Å². The van der Waals surface area contributed by atoms with Gasteiger partial charge in [-0.05, 0) is 0 Å². The first kappa shape index (κ1) is 16.5. The number of aliphatic carboxylic acids is 2. The molecule has 0 saturated carbocycles. The number of carboxylic acid groups (broad SMARTS) is 3. The molecule has 0 saturated heterocycles. The van der Waals surface area contributed by atoms with Crippen LogP contribution in [-0.4, -0.2) is 52.4 Å². The summed E-state index contributed by atoms with van der Waals surface area (Å²) in [6, 6.07) is -1.46. The third-order valence-electron chi connectivity index (χ3n) is 1.05. The van der Waals surface area contributed by atoms with Gasteiger partial charge in [0.15, 0.2) is 0 Å². The van der Waals surface area contributed by atoms with Gasteiger partial charge >= 0.3 is 18.0 Å². The average Bonchev–Trinajstić information content (AvgIpc) is 2.14. The van der Waals surface area contributed by atoms with Gasteiger partial charge in [-0.25, -0.2) is 23.2 Å². The Bertz CT molecular complexity index is 247. The highest BCUT2D eigenvalue weighted by Crippen LogP contribution is 1.97. The molecule has 0 aromatic rings. The summed E-state index contributed by atoms with van der Waals surface area (Å²) < 4.78 is 23.3. The molecule has 0 heterocycles. The zero-order valence-corrected chi connectivity index (χ0v) is 7.76. The fourth-order valence-electron chi connectivity index (χ4n) is 0.383. The van der Waals surface area contributed by atoms with Crippen LogP contribution in [0.2, 0.25) is 0 Å². The molecule has 8 nitrogen and oxygen atoms in total. The number of hydrogen-bond acceptors (Lipinski definition) is 4. The van der Waals surface area contributed by atoms with E-state index in [1.54, 1.807) is 5.32 Å². The molecule has 0 spiro atoms. The Morgan fingerprint density at radius 1 is 1.12 bits per heavy atom. The summed E-state index contributed by atoms with van der Waals surface area (Å²) in [6.45, 7) is -0.399. The maximum atomic E-state index is 11.7. The molecule has 0 radical (unpaired) electrons. The van der Waals surface area contributed by atoms with Crippen molar-refractivity contribution in [2.24, 2.45) is 5.73 Å². The van der Waals surface area contributed by atoms with Gasteiger partial charge in [-0.2, -0.15) is 0 Å². The first-order chi connectivity index (χ1) is 7.22. The van der Waals surface area contributed by atoms with Crippen LogP contribution in [0.15, 0.2) is 0 Å². The molecule has 0 aliphatic heterocycles. The van der Waals surface area contributed by atoms with Crippen molar-refractivity contribution in [3.63, 3.8) is 0 Å². The Labute approximate surface area is 87.7 Å². The quantitative estimate of drug-likeness (QED) is 0.399. The molecule has 10 heteroatoms. The zero-order chi connectivity index (χ0) is 13.3. The van der Waals surface area contributed by atoms with Crippen LogP contribution in [-0.2, 0) is 9.59 Å². The summed E-state index contributed by atoms with van der Waals surface area (Å²) in [5, 5.41) is 24.3. The van der Waals surface area contributed by atoms with E-state index in [4.69, 9.17) is 30.6 Å². The van der Waals surface area contributed by atoms with Crippen LogP contribution < -0.4 is 11.1 Å². The number of alkyl halides is 2. The van der Waals surface area contributed by atoms with E-state index < -0.39 is 37.0 Å². The summed E-state index contributed by atoms with van der Waals surface area (Å²) in [5.74, 6) is -3.65. The molecule has 0 fully saturated rings. The molecule has 0 rings (SSSR count). The largest absolute Gasteiger partial charge is 0.473 e. The number of hydrogen-bond donors (Lipinski definition) is 5. The molecule has 0 aromatic carbocycles. The molecule has 6 N–H and O–H groups in total. The van der Waals surface area contributed by atoms with Gasteiger partial charge in [-0.1, -0.05) is 0 Å². The molecule has 0 aromatic heterocycles. The van der Waals surface area contributed by atoms with Crippen LogP contribution in [0.4, 0.5) is 13.6 Å². The maximum absolute atomic E-state index is 11.7. The standard InChI is InChI=1S/C4H8F2N2O2.C2H2O4/c5-3(6)2(1-7)8-4(9)10;3-1(4)2(5)6/h2-3,8H,1,7H2,(H,9,10);(H,3,4)(H,5,6). The van der Waals surface area contributed by atoms with E-state index in [9.17, 15) is 13.6 Å². The van der Waals surface area contributed by atoms with Crippen LogP contribution in [0.5, 0.6) is 0 Å². The topological polar surface area (TPSA) is 150 Å². The number of nitrogens with two attached hydrogens (primary N) is 1. The van der Waals surface area contributed by atoms with Crippen LogP contribution in [0.25, 0.3) is 0 Å². The predicted molar refractivity (Wildman–Crippen MR) is 45.3 cm³/mol. The normalized spacial score (nSPS) is 11.0. The Morgan fingerprint density at radius 3 is 1.56 bits per heavy atom. The lowest BCUT2D eigenvalue weighted by Crippen LogP contribution is -2.44. The molecular formula is C6H10F2N2O6. The molecule has 16 heavy (non-hydrogen) atoms. The molecule has 0 bridgehead atoms. The number of halogens is 2. The lowest BCUT2D eigenvalue weighted by Gasteiger charge is -2.12. The van der Waals surface area contributed by atoms with Crippen LogP contribution >= 0.6 is 0 Å². The lowest BCUT2D eigenvalue weighted by molar-refractivity contribution is -0.159. The lowest BCUT2D eigenvalue weighted by atomic mass is 10.3. The van der Waals surface area contributed by atoms with Gasteiger partial charge in [-0.3, -0.25) is 0 Å². The highest BCUT2D eigenvalue weighted by molar-refractivity contribution is 6.27. The minimum absolute atomic E-state index is 0.399. The van der Waals surface area contributed by atoms with Crippen LogP contribution in [0.1, 0.15) is 0 Å². The van der Waals surface area contributed by atoms with Gasteiger partial charge in [0.2, 0.25) is 0 Å². The smallest absolute Gasteiger partial charge is 0.414 e. The number of nitrogens with one attached hydrogen (secondary N) is 1. The van der Waals surface area contributed by atoms with Crippen molar-refractivity contribution in [3.8, 4) is 0 Å². The molecule has 0 aliphatic rings. The fourth-order valence-corrected chi connectivity index (χ4v) is 0.383. The van der Waals surface area contributed by atoms with Gasteiger partial charge < -0.3 is 26.4 Å². The van der Waals surface area contributed by atoms with Gasteiger partial charge in [0.05, 0.1) is 0 Å². The van der Waals surface area contributed by atoms with Gasteiger partial charge in [0.1, 0.15) is 6.04 Å². The summed E-state index contributed by atoms with van der Waals surface area (Å²) in [5.41, 5.74) is 4.82. The Kier molecular flexibility index (Phi) is 8.59. The molecule has 1 atom stereocenters. The van der Waals surface area contributed by atoms with E-state index in [1.165, 1.54) is 0 Å². The molecule has 0 aliphatic carbocycles. The second-order valence-electron chi connectivity index (χ2n) is 2.24. The second kappa shape index (κ2) is 8.35. The molecule has 1 amide bonds. The molecule has 1 unspecified atom stereocenters. The van der Waals surface area contributed by atoms with Crippen molar-refractivity contribution in [2.75, 3.05) is 6.54 Å². The third kappa shape index (κ3) is 10.1. The van der Waals surface area contributed by atoms with Gasteiger partial charge in [0.25, 0.3) is 6.43 Å². The van der Waals surface area contributed by atoms with E-state index in [2.05, 4.69) is 0 Å². The molecule has 94 valence electrons. The first-order valence-electron chi connectivity index (χ1n) is 3.66. The van der Waals surface area contributed by atoms with Gasteiger partial charge in [-0.15, -0.1) is 0 Å². The van der Waals surface area contributed by atoms with E-state index in [1.807, 2.05) is 0 Å². The minimum atomic E-state index is -2.75. The Hall–Kier alpha value is -1.97. The summed E-state index contributed by atoms with van der Waals surface area (Å²) in [7, 11) is 0. The van der Waals surface area contributed by atoms with Crippen LogP contribution in [0, 0.1) is 0 Å². The van der Waals surface area contributed by atoms with Crippen molar-refractivity contribution in [3.05, 3.63) is 0 Å². The summed E-state index contributed by atoms with van der Waals surface area (Å²) in [4.78, 5) is 28.0. The number of carbonyl (C=O) groups is 3. The number of amides is 1. The number of carboxylic acids is 2. The molecular weight excluding hydrogens is 234 g/mol. The minimum Gasteiger partial charge on any atom is -0.473 e. The average molecular weight is 244 g/mol. The van der Waals surface area contributed by atoms with Crippen molar-refractivity contribution < 1.29 is 38.5 Å². The SMILES string of the molecule is NCC(NC(=O)O)C(F)F.O=C(O)C(=O)O. The van der Waals surface area contributed by atoms with Crippen molar-refractivity contribution in [1.82, 2.24) is 5.32 Å². The summed E-state index contributed by atoms with van der Waals surface area (Å²) >= 11 is 0. The Morgan fingerprint density at radius 2 is 1.50 bits per heavy atom. The van der Waals surface area contributed by atoms with Gasteiger partial charge in [0, 0.05) is 6.54 Å². The Balaban J connectivity index is 0. The van der Waals surface area contributed by atoms with E-state index in [0.29, 0.717) is 0 Å². The highest BCUT2D eigenvalue weighted by atomic mass is 19.3. The summed E-state index contributed by atoms with van der Waals surface area (Å²) in [6.07, 6.45) is -4.24. The predicted octanol–water partition coefficient (Wildman–Crippen LogP) is -0.998. The monoisotopic (exact) mass is 244 g/mol. The van der Waals surface area contributed by atoms with Crippen molar-refractivity contribution >= 4 is 18.0 Å². The van der Waals surface area contributed by atoms with Crippen LogP contribution in [0.3, 0.4) is 0 Å². The first-order valence-corrected chi connectivity index (χ1v) is 3.66. The fraction of sp³-hybridized carbons (Fsp3) is 0.500. The van der Waals surface area contributed by atoms with Crippen molar-refractivity contribution in [1.29, 1.82) is 0 Å². The third-order valence-corrected chi connectivity index (χ3v) is 1.05. The van der Waals surface area contributed by atoms with E-state index in [-0.39, 0.29) is 0 Å². The second-order valence-corrected chi connectivity index (χ2v) is 2.24. The maximum Gasteiger partial charge on any atom is 0.414 e. The van der Waals surface area contributed by atoms with E-state index >= 15 is 0 Å².